The molecule has 0 aliphatic rings. The molecule has 8 nitrogen and oxygen atoms in total. The fourth-order valence-electron chi connectivity index (χ4n) is 2.70. The first-order valence-electron chi connectivity index (χ1n) is 9.06. The van der Waals surface area contributed by atoms with Gasteiger partial charge in [0.1, 0.15) is 0 Å². The normalized spacial score (nSPS) is 10.2. The highest BCUT2D eigenvalue weighted by Crippen LogP contribution is 2.25. The largest absolute Gasteiger partial charge is 0.477 e. The maximum atomic E-state index is 12.3. The molecule has 0 radical (unpaired) electrons. The fraction of sp³-hybridized carbons (Fsp3) is 0.0909. The second-order valence-electron chi connectivity index (χ2n) is 6.46. The van der Waals surface area contributed by atoms with E-state index in [1.807, 2.05) is 19.1 Å². The van der Waals surface area contributed by atoms with Crippen molar-refractivity contribution >= 4 is 28.9 Å². The van der Waals surface area contributed by atoms with Crippen molar-refractivity contribution < 1.29 is 19.2 Å². The molecule has 0 aliphatic carbocycles. The van der Waals surface area contributed by atoms with Crippen LogP contribution in [0.4, 0.5) is 17.1 Å². The number of benzene rings is 3. The van der Waals surface area contributed by atoms with Crippen LogP contribution in [0.25, 0.3) is 0 Å². The fourth-order valence-corrected chi connectivity index (χ4v) is 2.70. The monoisotopic (exact) mass is 405 g/mol. The van der Waals surface area contributed by atoms with Crippen molar-refractivity contribution in [2.75, 3.05) is 17.2 Å². The van der Waals surface area contributed by atoms with Crippen molar-refractivity contribution in [2.45, 2.75) is 6.92 Å². The van der Waals surface area contributed by atoms with E-state index in [0.717, 1.165) is 5.56 Å². The lowest BCUT2D eigenvalue weighted by Gasteiger charge is -2.09. The highest BCUT2D eigenvalue weighted by atomic mass is 16.6. The minimum Gasteiger partial charge on any atom is -0.477 e. The Labute approximate surface area is 172 Å². The van der Waals surface area contributed by atoms with Gasteiger partial charge in [0.2, 0.25) is 0 Å². The van der Waals surface area contributed by atoms with Crippen LogP contribution in [0, 0.1) is 17.0 Å². The molecule has 0 atom stereocenters. The van der Waals surface area contributed by atoms with Gasteiger partial charge in [-0.2, -0.15) is 0 Å². The van der Waals surface area contributed by atoms with Gasteiger partial charge in [-0.1, -0.05) is 29.8 Å². The lowest BCUT2D eigenvalue weighted by atomic mass is 10.1. The molecule has 3 rings (SSSR count). The highest BCUT2D eigenvalue weighted by Gasteiger charge is 2.15. The number of carbonyl (C=O) groups excluding carboxylic acids is 2. The maximum absolute atomic E-state index is 12.3. The zero-order valence-corrected chi connectivity index (χ0v) is 16.1. The summed E-state index contributed by atoms with van der Waals surface area (Å²) in [4.78, 5) is 34.7. The Kier molecular flexibility index (Phi) is 6.39. The molecular formula is C22H19N3O5. The number of carbonyl (C=O) groups is 2. The van der Waals surface area contributed by atoms with Crippen LogP contribution in [0.3, 0.4) is 0 Å². The lowest BCUT2D eigenvalue weighted by molar-refractivity contribution is -0.385. The van der Waals surface area contributed by atoms with Gasteiger partial charge in [0.05, 0.1) is 4.92 Å². The van der Waals surface area contributed by atoms with Gasteiger partial charge in [-0.15, -0.1) is 0 Å². The SMILES string of the molecule is Cc1cccc(C(=O)Nc2ccc(NC(=O)COc3ccccc3[N+](=O)[O-])cc2)c1. The summed E-state index contributed by atoms with van der Waals surface area (Å²) in [5.74, 6) is -0.676. The van der Waals surface area contributed by atoms with Crippen LogP contribution in [0.2, 0.25) is 0 Å². The van der Waals surface area contributed by atoms with Crippen molar-refractivity contribution in [1.82, 2.24) is 0 Å². The predicted octanol–water partition coefficient (Wildman–Crippen LogP) is 4.17. The third kappa shape index (κ3) is 5.41. The Morgan fingerprint density at radius 3 is 2.27 bits per heavy atom. The molecule has 8 heteroatoms. The Hall–Kier alpha value is -4.20. The second kappa shape index (κ2) is 9.33. The molecule has 0 heterocycles. The first-order valence-corrected chi connectivity index (χ1v) is 9.06. The molecule has 0 spiro atoms. The van der Waals surface area contributed by atoms with Crippen LogP contribution in [0.15, 0.2) is 72.8 Å². The highest BCUT2D eigenvalue weighted by molar-refractivity contribution is 6.04. The van der Waals surface area contributed by atoms with Gasteiger partial charge in [-0.25, -0.2) is 0 Å². The van der Waals surface area contributed by atoms with E-state index < -0.39 is 10.8 Å². The first kappa shape index (κ1) is 20.5. The predicted molar refractivity (Wildman–Crippen MR) is 113 cm³/mol. The number of amides is 2. The quantitative estimate of drug-likeness (QED) is 0.453. The Morgan fingerprint density at radius 1 is 0.933 bits per heavy atom. The third-order valence-electron chi connectivity index (χ3n) is 4.13. The standard InChI is InChI=1S/C22H19N3O5/c1-15-5-4-6-16(13-15)22(27)24-18-11-9-17(10-12-18)23-21(26)14-30-20-8-3-2-7-19(20)25(28)29/h2-13H,14H2,1H3,(H,23,26)(H,24,27). The average molecular weight is 405 g/mol. The lowest BCUT2D eigenvalue weighted by Crippen LogP contribution is -2.20. The summed E-state index contributed by atoms with van der Waals surface area (Å²) in [6.45, 7) is 1.53. The number of nitro groups is 1. The van der Waals surface area contributed by atoms with Gasteiger partial charge >= 0.3 is 5.69 Å². The van der Waals surface area contributed by atoms with E-state index in [1.54, 1.807) is 42.5 Å². The number of rotatable bonds is 7. The van der Waals surface area contributed by atoms with E-state index in [1.165, 1.54) is 18.2 Å². The Bertz CT molecular complexity index is 1080. The summed E-state index contributed by atoms with van der Waals surface area (Å²) >= 11 is 0. The van der Waals surface area contributed by atoms with Crippen LogP contribution in [-0.2, 0) is 4.79 Å². The summed E-state index contributed by atoms with van der Waals surface area (Å²) < 4.78 is 5.26. The average Bonchev–Trinajstić information content (AvgIpc) is 2.74. The minimum absolute atomic E-state index is 0.0202. The van der Waals surface area contributed by atoms with Crippen molar-refractivity contribution in [1.29, 1.82) is 0 Å². The number of anilines is 2. The number of nitrogens with one attached hydrogen (secondary N) is 2. The third-order valence-corrected chi connectivity index (χ3v) is 4.13. The number of nitrogens with zero attached hydrogens (tertiary/aromatic N) is 1. The number of para-hydroxylation sites is 2. The molecule has 3 aromatic carbocycles. The number of nitro benzene ring substituents is 1. The van der Waals surface area contributed by atoms with Crippen LogP contribution < -0.4 is 15.4 Å². The number of ether oxygens (including phenoxy) is 1. The maximum Gasteiger partial charge on any atom is 0.310 e. The van der Waals surface area contributed by atoms with E-state index in [0.29, 0.717) is 16.9 Å². The van der Waals surface area contributed by atoms with Crippen molar-refractivity contribution in [3.05, 3.63) is 94.0 Å². The molecule has 2 amide bonds. The molecule has 0 saturated carbocycles. The van der Waals surface area contributed by atoms with Crippen LogP contribution in [-0.4, -0.2) is 23.3 Å². The Balaban J connectivity index is 1.55. The number of hydrogen-bond donors (Lipinski definition) is 2. The van der Waals surface area contributed by atoms with Crippen molar-refractivity contribution in [2.24, 2.45) is 0 Å². The van der Waals surface area contributed by atoms with Gasteiger partial charge in [0.25, 0.3) is 11.8 Å². The zero-order valence-electron chi connectivity index (χ0n) is 16.1. The smallest absolute Gasteiger partial charge is 0.310 e. The van der Waals surface area contributed by atoms with E-state index in [-0.39, 0.29) is 24.0 Å². The van der Waals surface area contributed by atoms with E-state index >= 15 is 0 Å². The van der Waals surface area contributed by atoms with E-state index in [4.69, 9.17) is 4.74 Å². The van der Waals surface area contributed by atoms with Crippen LogP contribution in [0.5, 0.6) is 5.75 Å². The van der Waals surface area contributed by atoms with Crippen molar-refractivity contribution in [3.8, 4) is 5.75 Å². The van der Waals surface area contributed by atoms with Crippen LogP contribution in [0.1, 0.15) is 15.9 Å². The summed E-state index contributed by atoms with van der Waals surface area (Å²) in [5.41, 5.74) is 2.41. The van der Waals surface area contributed by atoms with Crippen molar-refractivity contribution in [3.63, 3.8) is 0 Å². The van der Waals surface area contributed by atoms with Gasteiger partial charge in [-0.05, 0) is 49.4 Å². The van der Waals surface area contributed by atoms with Gasteiger partial charge in [0, 0.05) is 23.0 Å². The Morgan fingerprint density at radius 2 is 1.60 bits per heavy atom. The summed E-state index contributed by atoms with van der Waals surface area (Å²) in [5, 5.41) is 16.4. The molecule has 3 aromatic rings. The van der Waals surface area contributed by atoms with E-state index in [9.17, 15) is 19.7 Å². The molecule has 0 aromatic heterocycles. The molecule has 0 unspecified atom stereocenters. The van der Waals surface area contributed by atoms with E-state index in [2.05, 4.69) is 10.6 Å². The molecule has 30 heavy (non-hydrogen) atoms. The molecule has 0 aliphatic heterocycles. The first-order chi connectivity index (χ1) is 14.4. The molecular weight excluding hydrogens is 386 g/mol. The summed E-state index contributed by atoms with van der Waals surface area (Å²) in [6, 6.07) is 19.7. The number of aryl methyl sites for hydroxylation is 1. The van der Waals surface area contributed by atoms with Gasteiger partial charge in [-0.3, -0.25) is 19.7 Å². The summed E-state index contributed by atoms with van der Waals surface area (Å²) in [7, 11) is 0. The topological polar surface area (TPSA) is 111 Å². The summed E-state index contributed by atoms with van der Waals surface area (Å²) in [6.07, 6.45) is 0. The van der Waals surface area contributed by atoms with Crippen LogP contribution >= 0.6 is 0 Å². The molecule has 152 valence electrons. The minimum atomic E-state index is -0.572. The molecule has 2 N–H and O–H groups in total. The zero-order chi connectivity index (χ0) is 21.5. The molecule has 0 saturated heterocycles. The number of hydrogen-bond acceptors (Lipinski definition) is 5. The second-order valence-corrected chi connectivity index (χ2v) is 6.46. The molecule has 0 bridgehead atoms. The van der Waals surface area contributed by atoms with Gasteiger partial charge < -0.3 is 15.4 Å². The van der Waals surface area contributed by atoms with Gasteiger partial charge in [0.15, 0.2) is 12.4 Å². The molecule has 0 fully saturated rings.